The van der Waals surface area contributed by atoms with Gasteiger partial charge >= 0.3 is 0 Å². The van der Waals surface area contributed by atoms with Gasteiger partial charge in [0, 0.05) is 6.54 Å². The first kappa shape index (κ1) is 15.5. The zero-order valence-electron chi connectivity index (χ0n) is 11.2. The van der Waals surface area contributed by atoms with E-state index in [1.165, 1.54) is 12.0 Å². The third-order valence-electron chi connectivity index (χ3n) is 2.60. The lowest BCUT2D eigenvalue weighted by molar-refractivity contribution is 0.139. The third-order valence-corrected chi connectivity index (χ3v) is 3.22. The summed E-state index contributed by atoms with van der Waals surface area (Å²) in [5.41, 5.74) is 1.25. The van der Waals surface area contributed by atoms with Crippen LogP contribution in [0.4, 0.5) is 0 Å². The maximum atomic E-state index is 5.57. The van der Waals surface area contributed by atoms with Crippen LogP contribution in [0.5, 0.6) is 5.75 Å². The number of rotatable bonds is 9. The van der Waals surface area contributed by atoms with E-state index in [1.807, 2.05) is 6.07 Å². The Morgan fingerprint density at radius 2 is 2.06 bits per heavy atom. The molecule has 0 aliphatic heterocycles. The fraction of sp³-hybridized carbons (Fsp3) is 0.571. The smallest absolute Gasteiger partial charge is 0.133 e. The van der Waals surface area contributed by atoms with E-state index >= 15 is 0 Å². The highest BCUT2D eigenvalue weighted by Gasteiger charge is 2.01. The maximum Gasteiger partial charge on any atom is 0.133 e. The number of halogens is 1. The lowest BCUT2D eigenvalue weighted by atomic mass is 10.1. The number of methoxy groups -OCH3 is 1. The van der Waals surface area contributed by atoms with Crippen LogP contribution in [0.3, 0.4) is 0 Å². The van der Waals surface area contributed by atoms with Crippen molar-refractivity contribution in [2.75, 3.05) is 33.4 Å². The minimum Gasteiger partial charge on any atom is -0.496 e. The van der Waals surface area contributed by atoms with Crippen LogP contribution in [0.25, 0.3) is 0 Å². The predicted molar refractivity (Wildman–Crippen MR) is 78.4 cm³/mol. The fourth-order valence-corrected chi connectivity index (χ4v) is 2.19. The van der Waals surface area contributed by atoms with Crippen LogP contribution in [0.1, 0.15) is 18.9 Å². The van der Waals surface area contributed by atoms with E-state index in [2.05, 4.69) is 40.3 Å². The molecule has 0 fully saturated rings. The number of ether oxygens (including phenoxy) is 2. The van der Waals surface area contributed by atoms with E-state index < -0.39 is 0 Å². The van der Waals surface area contributed by atoms with Crippen molar-refractivity contribution in [3.05, 3.63) is 28.2 Å². The molecule has 1 N–H and O–H groups in total. The van der Waals surface area contributed by atoms with E-state index in [4.69, 9.17) is 9.47 Å². The highest BCUT2D eigenvalue weighted by atomic mass is 79.9. The molecule has 0 saturated heterocycles. The van der Waals surface area contributed by atoms with Gasteiger partial charge in [-0.05, 0) is 53.0 Å². The predicted octanol–water partition coefficient (Wildman–Crippen LogP) is 3.02. The Morgan fingerprint density at radius 1 is 1.22 bits per heavy atom. The van der Waals surface area contributed by atoms with Crippen LogP contribution in [0.15, 0.2) is 22.7 Å². The summed E-state index contributed by atoms with van der Waals surface area (Å²) in [6.07, 6.45) is 2.09. The summed E-state index contributed by atoms with van der Waals surface area (Å²) >= 11 is 3.48. The van der Waals surface area contributed by atoms with Crippen molar-refractivity contribution in [2.45, 2.75) is 19.8 Å². The quantitative estimate of drug-likeness (QED) is 0.711. The van der Waals surface area contributed by atoms with Crippen LogP contribution < -0.4 is 10.1 Å². The minimum absolute atomic E-state index is 0.757. The molecule has 3 nitrogen and oxygen atoms in total. The molecule has 4 heteroatoms. The Hall–Kier alpha value is -0.580. The summed E-state index contributed by atoms with van der Waals surface area (Å²) in [7, 11) is 1.67. The van der Waals surface area contributed by atoms with Gasteiger partial charge in [0.2, 0.25) is 0 Å². The van der Waals surface area contributed by atoms with Crippen LogP contribution in [0.2, 0.25) is 0 Å². The van der Waals surface area contributed by atoms with E-state index in [9.17, 15) is 0 Å². The molecule has 0 heterocycles. The molecule has 0 radical (unpaired) electrons. The van der Waals surface area contributed by atoms with E-state index in [0.29, 0.717) is 0 Å². The maximum absolute atomic E-state index is 5.57. The summed E-state index contributed by atoms with van der Waals surface area (Å²) in [6.45, 7) is 5.69. The van der Waals surface area contributed by atoms with Gasteiger partial charge in [-0.2, -0.15) is 0 Å². The molecular weight excluding hydrogens is 294 g/mol. The van der Waals surface area contributed by atoms with Crippen molar-refractivity contribution >= 4 is 15.9 Å². The number of benzene rings is 1. The van der Waals surface area contributed by atoms with Crippen LogP contribution >= 0.6 is 15.9 Å². The Bertz CT molecular complexity index is 345. The molecule has 0 bridgehead atoms. The molecule has 1 rings (SSSR count). The molecule has 0 saturated carbocycles. The first-order valence-corrected chi connectivity index (χ1v) is 7.18. The van der Waals surface area contributed by atoms with Gasteiger partial charge in [0.05, 0.1) is 24.8 Å². The molecule has 102 valence electrons. The second kappa shape index (κ2) is 9.36. The Morgan fingerprint density at radius 3 is 2.72 bits per heavy atom. The van der Waals surface area contributed by atoms with Gasteiger partial charge in [-0.1, -0.05) is 13.0 Å². The lowest BCUT2D eigenvalue weighted by Gasteiger charge is -2.07. The Labute approximate surface area is 118 Å². The monoisotopic (exact) mass is 315 g/mol. The molecule has 0 amide bonds. The zero-order chi connectivity index (χ0) is 13.2. The van der Waals surface area contributed by atoms with Gasteiger partial charge in [0.15, 0.2) is 0 Å². The summed E-state index contributed by atoms with van der Waals surface area (Å²) in [4.78, 5) is 0. The van der Waals surface area contributed by atoms with Gasteiger partial charge in [-0.15, -0.1) is 0 Å². The molecule has 18 heavy (non-hydrogen) atoms. The van der Waals surface area contributed by atoms with E-state index in [-0.39, 0.29) is 0 Å². The second-order valence-electron chi connectivity index (χ2n) is 4.08. The molecule has 0 aliphatic carbocycles. The number of hydrogen-bond donors (Lipinski definition) is 1. The molecular formula is C14H22BrNO2. The van der Waals surface area contributed by atoms with Crippen molar-refractivity contribution in [3.8, 4) is 5.75 Å². The van der Waals surface area contributed by atoms with Gasteiger partial charge < -0.3 is 14.8 Å². The average molecular weight is 316 g/mol. The normalized spacial score (nSPS) is 10.6. The number of nitrogens with one attached hydrogen (secondary N) is 1. The fourth-order valence-electron chi connectivity index (χ4n) is 1.60. The van der Waals surface area contributed by atoms with Gasteiger partial charge in [-0.25, -0.2) is 0 Å². The van der Waals surface area contributed by atoms with E-state index in [1.54, 1.807) is 7.11 Å². The average Bonchev–Trinajstić information content (AvgIpc) is 2.38. The largest absolute Gasteiger partial charge is 0.496 e. The molecule has 0 spiro atoms. The van der Waals surface area contributed by atoms with Crippen molar-refractivity contribution in [2.24, 2.45) is 0 Å². The molecule has 1 aromatic carbocycles. The van der Waals surface area contributed by atoms with Gasteiger partial charge in [0.1, 0.15) is 5.75 Å². The van der Waals surface area contributed by atoms with Gasteiger partial charge in [0.25, 0.3) is 0 Å². The lowest BCUT2D eigenvalue weighted by Crippen LogP contribution is -2.20. The molecule has 0 aliphatic rings. The van der Waals surface area contributed by atoms with Crippen molar-refractivity contribution in [1.29, 1.82) is 0 Å². The topological polar surface area (TPSA) is 30.5 Å². The molecule has 0 unspecified atom stereocenters. The van der Waals surface area contributed by atoms with Crippen molar-refractivity contribution < 1.29 is 9.47 Å². The zero-order valence-corrected chi connectivity index (χ0v) is 12.8. The first-order valence-electron chi connectivity index (χ1n) is 6.38. The summed E-state index contributed by atoms with van der Waals surface area (Å²) in [6, 6.07) is 6.13. The molecule has 0 atom stereocenters. The summed E-state index contributed by atoms with van der Waals surface area (Å²) < 4.78 is 11.8. The van der Waals surface area contributed by atoms with E-state index in [0.717, 1.165) is 42.9 Å². The summed E-state index contributed by atoms with van der Waals surface area (Å²) in [5, 5.41) is 3.31. The standard InChI is InChI=1S/C14H22BrNO2/c1-3-7-16-8-10-18-9-6-12-4-5-14(17-2)13(15)11-12/h4-5,11,16H,3,6-10H2,1-2H3. The molecule has 0 aromatic heterocycles. The van der Waals surface area contributed by atoms with Crippen molar-refractivity contribution in [1.82, 2.24) is 5.32 Å². The highest BCUT2D eigenvalue weighted by molar-refractivity contribution is 9.10. The Kier molecular flexibility index (Phi) is 8.05. The number of hydrogen-bond acceptors (Lipinski definition) is 3. The third kappa shape index (κ3) is 5.85. The summed E-state index contributed by atoms with van der Waals surface area (Å²) in [5.74, 6) is 0.864. The minimum atomic E-state index is 0.757. The molecule has 1 aromatic rings. The Balaban J connectivity index is 2.17. The first-order chi connectivity index (χ1) is 8.77. The SMILES string of the molecule is CCCNCCOCCc1ccc(OC)c(Br)c1. The highest BCUT2D eigenvalue weighted by Crippen LogP contribution is 2.25. The van der Waals surface area contributed by atoms with Crippen LogP contribution in [-0.2, 0) is 11.2 Å². The van der Waals surface area contributed by atoms with Crippen LogP contribution in [-0.4, -0.2) is 33.4 Å². The van der Waals surface area contributed by atoms with Gasteiger partial charge in [-0.3, -0.25) is 0 Å². The van der Waals surface area contributed by atoms with Crippen LogP contribution in [0, 0.1) is 0 Å². The second-order valence-corrected chi connectivity index (χ2v) is 4.94. The van der Waals surface area contributed by atoms with Crippen molar-refractivity contribution in [3.63, 3.8) is 0 Å².